The molecule has 0 fully saturated rings. The average Bonchev–Trinajstić information content (AvgIpc) is 2.35. The highest BCUT2D eigenvalue weighted by Gasteiger charge is 2.25. The van der Waals surface area contributed by atoms with Crippen LogP contribution in [-0.2, 0) is 11.3 Å². The van der Waals surface area contributed by atoms with Crippen LogP contribution in [0.25, 0.3) is 0 Å². The van der Waals surface area contributed by atoms with E-state index in [2.05, 4.69) is 35.8 Å². The summed E-state index contributed by atoms with van der Waals surface area (Å²) >= 11 is 1.73. The molecule has 0 bridgehead atoms. The van der Waals surface area contributed by atoms with Crippen LogP contribution in [0.3, 0.4) is 0 Å². The van der Waals surface area contributed by atoms with E-state index in [1.54, 1.807) is 25.6 Å². The highest BCUT2D eigenvalue weighted by atomic mass is 32.2. The molecule has 0 unspecified atom stereocenters. The van der Waals surface area contributed by atoms with E-state index in [1.165, 1.54) is 10.5 Å². The van der Waals surface area contributed by atoms with Crippen molar-refractivity contribution in [3.8, 4) is 0 Å². The van der Waals surface area contributed by atoms with Gasteiger partial charge in [-0.15, -0.1) is 11.8 Å². The number of rotatable bonds is 7. The minimum absolute atomic E-state index is 0.630. The van der Waals surface area contributed by atoms with Crippen LogP contribution in [0, 0.1) is 5.41 Å². The second-order valence-electron chi connectivity index (χ2n) is 4.96. The van der Waals surface area contributed by atoms with Crippen molar-refractivity contribution < 1.29 is 9.90 Å². The largest absolute Gasteiger partial charge is 0.481 e. The minimum Gasteiger partial charge on any atom is -0.481 e. The van der Waals surface area contributed by atoms with E-state index < -0.39 is 11.4 Å². The SMILES string of the molecule is CSc1ccc(CNCCC(C)(C)C(=O)O)cc1. The van der Waals surface area contributed by atoms with Gasteiger partial charge in [0.15, 0.2) is 0 Å². The van der Waals surface area contributed by atoms with Crippen LogP contribution in [0.15, 0.2) is 29.2 Å². The predicted molar refractivity (Wildman–Crippen MR) is 76.0 cm³/mol. The Balaban J connectivity index is 2.31. The molecule has 1 aromatic rings. The molecule has 0 aromatic heterocycles. The average molecular weight is 267 g/mol. The Kier molecular flexibility index (Phi) is 5.69. The van der Waals surface area contributed by atoms with Crippen LogP contribution in [0.2, 0.25) is 0 Å². The maximum atomic E-state index is 10.9. The number of nitrogens with one attached hydrogen (secondary N) is 1. The van der Waals surface area contributed by atoms with Crippen molar-refractivity contribution in [1.82, 2.24) is 5.32 Å². The number of carboxylic acid groups (broad SMARTS) is 1. The fourth-order valence-corrected chi connectivity index (χ4v) is 1.89. The lowest BCUT2D eigenvalue weighted by Gasteiger charge is -2.18. The van der Waals surface area contributed by atoms with E-state index in [0.29, 0.717) is 13.0 Å². The molecule has 3 nitrogen and oxygen atoms in total. The standard InChI is InChI=1S/C14H21NO2S/c1-14(2,13(16)17)8-9-15-10-11-4-6-12(18-3)7-5-11/h4-7,15H,8-10H2,1-3H3,(H,16,17). The smallest absolute Gasteiger partial charge is 0.309 e. The van der Waals surface area contributed by atoms with Gasteiger partial charge < -0.3 is 10.4 Å². The Bertz CT molecular complexity index is 387. The number of benzene rings is 1. The van der Waals surface area contributed by atoms with Crippen molar-refractivity contribution in [3.63, 3.8) is 0 Å². The minimum atomic E-state index is -0.742. The second-order valence-corrected chi connectivity index (χ2v) is 5.84. The fourth-order valence-electron chi connectivity index (χ4n) is 1.48. The maximum Gasteiger partial charge on any atom is 0.309 e. The molecule has 18 heavy (non-hydrogen) atoms. The van der Waals surface area contributed by atoms with Crippen molar-refractivity contribution in [1.29, 1.82) is 0 Å². The second kappa shape index (κ2) is 6.81. The summed E-state index contributed by atoms with van der Waals surface area (Å²) in [5.74, 6) is -0.742. The molecule has 0 aliphatic carbocycles. The molecule has 4 heteroatoms. The van der Waals surface area contributed by atoms with Gasteiger partial charge in [-0.2, -0.15) is 0 Å². The first-order valence-corrected chi connectivity index (χ1v) is 7.25. The van der Waals surface area contributed by atoms with Crippen molar-refractivity contribution >= 4 is 17.7 Å². The zero-order valence-electron chi connectivity index (χ0n) is 11.2. The van der Waals surface area contributed by atoms with Gasteiger partial charge in [0.05, 0.1) is 5.41 Å². The highest BCUT2D eigenvalue weighted by Crippen LogP contribution is 2.19. The third-order valence-electron chi connectivity index (χ3n) is 2.99. The van der Waals surface area contributed by atoms with Crippen LogP contribution in [0.4, 0.5) is 0 Å². The molecular weight excluding hydrogens is 246 g/mol. The number of carbonyl (C=O) groups is 1. The quantitative estimate of drug-likeness (QED) is 0.589. The van der Waals surface area contributed by atoms with Crippen LogP contribution >= 0.6 is 11.8 Å². The number of hydrogen-bond donors (Lipinski definition) is 2. The molecule has 1 rings (SSSR count). The first kappa shape index (κ1) is 15.1. The van der Waals surface area contributed by atoms with Gasteiger partial charge in [-0.3, -0.25) is 4.79 Å². The topological polar surface area (TPSA) is 49.3 Å². The molecule has 100 valence electrons. The van der Waals surface area contributed by atoms with Crippen molar-refractivity contribution in [2.24, 2.45) is 5.41 Å². The summed E-state index contributed by atoms with van der Waals surface area (Å²) in [6.45, 7) is 5.00. The van der Waals surface area contributed by atoms with Crippen LogP contribution in [-0.4, -0.2) is 23.9 Å². The zero-order valence-corrected chi connectivity index (χ0v) is 12.0. The number of thioether (sulfide) groups is 1. The van der Waals surface area contributed by atoms with E-state index in [1.807, 2.05) is 0 Å². The molecule has 0 aliphatic heterocycles. The normalized spacial score (nSPS) is 11.5. The van der Waals surface area contributed by atoms with E-state index in [-0.39, 0.29) is 0 Å². The molecule has 0 saturated heterocycles. The van der Waals surface area contributed by atoms with Crippen LogP contribution in [0.5, 0.6) is 0 Å². The Morgan fingerprint density at radius 1 is 1.33 bits per heavy atom. The lowest BCUT2D eigenvalue weighted by Crippen LogP contribution is -2.28. The predicted octanol–water partition coefficient (Wildman–Crippen LogP) is 3.00. The van der Waals surface area contributed by atoms with Crippen molar-refractivity contribution in [3.05, 3.63) is 29.8 Å². The monoisotopic (exact) mass is 267 g/mol. The summed E-state index contributed by atoms with van der Waals surface area (Å²) in [7, 11) is 0. The summed E-state index contributed by atoms with van der Waals surface area (Å²) in [6.07, 6.45) is 2.69. The first-order chi connectivity index (χ1) is 8.45. The number of aliphatic carboxylic acids is 1. The maximum absolute atomic E-state index is 10.9. The Morgan fingerprint density at radius 3 is 2.44 bits per heavy atom. The van der Waals surface area contributed by atoms with Gasteiger partial charge in [0.1, 0.15) is 0 Å². The third-order valence-corrected chi connectivity index (χ3v) is 3.74. The molecular formula is C14H21NO2S. The first-order valence-electron chi connectivity index (χ1n) is 6.03. The van der Waals surface area contributed by atoms with Crippen LogP contribution in [0.1, 0.15) is 25.8 Å². The van der Waals surface area contributed by atoms with Gasteiger partial charge in [-0.1, -0.05) is 12.1 Å². The molecule has 0 atom stereocenters. The zero-order chi connectivity index (χ0) is 13.6. The Hall–Kier alpha value is -1.00. The van der Waals surface area contributed by atoms with E-state index in [9.17, 15) is 4.79 Å². The molecule has 0 radical (unpaired) electrons. The van der Waals surface area contributed by atoms with Gasteiger partial charge in [0.2, 0.25) is 0 Å². The molecule has 0 aliphatic rings. The molecule has 1 aromatic carbocycles. The summed E-state index contributed by atoms with van der Waals surface area (Å²) in [5, 5.41) is 12.3. The molecule has 0 spiro atoms. The van der Waals surface area contributed by atoms with Gasteiger partial charge in [0, 0.05) is 11.4 Å². The van der Waals surface area contributed by atoms with Gasteiger partial charge in [-0.25, -0.2) is 0 Å². The van der Waals surface area contributed by atoms with Gasteiger partial charge >= 0.3 is 5.97 Å². The summed E-state index contributed by atoms with van der Waals surface area (Å²) in [4.78, 5) is 12.2. The lowest BCUT2D eigenvalue weighted by molar-refractivity contribution is -0.147. The van der Waals surface area contributed by atoms with E-state index >= 15 is 0 Å². The highest BCUT2D eigenvalue weighted by molar-refractivity contribution is 7.98. The third kappa shape index (κ3) is 4.70. The lowest BCUT2D eigenvalue weighted by atomic mass is 9.90. The van der Waals surface area contributed by atoms with Gasteiger partial charge in [0.25, 0.3) is 0 Å². The van der Waals surface area contributed by atoms with Crippen molar-refractivity contribution in [2.75, 3.05) is 12.8 Å². The Morgan fingerprint density at radius 2 is 1.94 bits per heavy atom. The number of carboxylic acids is 1. The van der Waals surface area contributed by atoms with Gasteiger partial charge in [-0.05, 0) is 50.8 Å². The Labute approximate surface area is 113 Å². The summed E-state index contributed by atoms with van der Waals surface area (Å²) < 4.78 is 0. The number of hydrogen-bond acceptors (Lipinski definition) is 3. The van der Waals surface area contributed by atoms with Crippen LogP contribution < -0.4 is 5.32 Å². The summed E-state index contributed by atoms with van der Waals surface area (Å²) in [6, 6.07) is 8.40. The summed E-state index contributed by atoms with van der Waals surface area (Å²) in [5.41, 5.74) is 0.566. The van der Waals surface area contributed by atoms with E-state index in [0.717, 1.165) is 6.54 Å². The molecule has 0 heterocycles. The molecule has 0 saturated carbocycles. The molecule has 2 N–H and O–H groups in total. The van der Waals surface area contributed by atoms with E-state index in [4.69, 9.17) is 5.11 Å². The van der Waals surface area contributed by atoms with Crippen molar-refractivity contribution in [2.45, 2.75) is 31.7 Å². The molecule has 0 amide bonds. The fraction of sp³-hybridized carbons (Fsp3) is 0.500.